The number of carboxylic acids is 1. The van der Waals surface area contributed by atoms with Gasteiger partial charge >= 0.3 is 5.97 Å². The summed E-state index contributed by atoms with van der Waals surface area (Å²) in [6.45, 7) is 9.95. The summed E-state index contributed by atoms with van der Waals surface area (Å²) in [5, 5.41) is 14.0. The number of aliphatic carboxylic acids is 1. The third-order valence-corrected chi connectivity index (χ3v) is 6.91. The number of methoxy groups -OCH3 is 2. The van der Waals surface area contributed by atoms with Crippen LogP contribution in [0.3, 0.4) is 0 Å². The molecule has 6 atom stereocenters. The maximum absolute atomic E-state index is 13.0. The van der Waals surface area contributed by atoms with Crippen LogP contribution >= 0.6 is 0 Å². The number of likely N-dealkylation sites (N-methyl/N-ethyl adjacent to an activating group) is 1. The summed E-state index contributed by atoms with van der Waals surface area (Å²) in [4.78, 5) is 49.1. The average Bonchev–Trinajstić information content (AvgIpc) is 2.83. The molecular formula is C26H49N3O7. The Bertz CT molecular complexity index is 674. The van der Waals surface area contributed by atoms with Crippen molar-refractivity contribution >= 4 is 24.2 Å². The van der Waals surface area contributed by atoms with Gasteiger partial charge in [0.05, 0.1) is 24.2 Å². The predicted octanol–water partition coefficient (Wildman–Crippen LogP) is 2.31. The lowest BCUT2D eigenvalue weighted by molar-refractivity contribution is -0.141. The maximum Gasteiger partial charge on any atom is 0.322 e. The number of rotatable bonds is 20. The van der Waals surface area contributed by atoms with E-state index in [1.54, 1.807) is 18.9 Å². The summed E-state index contributed by atoms with van der Waals surface area (Å²) in [6.07, 6.45) is 2.98. The average molecular weight is 516 g/mol. The van der Waals surface area contributed by atoms with Gasteiger partial charge in [0.15, 0.2) is 0 Å². The molecule has 0 bridgehead atoms. The van der Waals surface area contributed by atoms with E-state index in [1.165, 1.54) is 7.11 Å². The highest BCUT2D eigenvalue weighted by molar-refractivity contribution is 5.83. The van der Waals surface area contributed by atoms with Gasteiger partial charge in [0.1, 0.15) is 6.54 Å². The van der Waals surface area contributed by atoms with E-state index in [4.69, 9.17) is 14.6 Å². The third kappa shape index (κ3) is 11.7. The number of carboxylic acid groups (broad SMARTS) is 1. The molecule has 3 amide bonds. The number of hydrogen-bond donors (Lipinski definition) is 3. The van der Waals surface area contributed by atoms with Crippen LogP contribution in [0.15, 0.2) is 0 Å². The molecule has 0 heterocycles. The molecule has 0 aromatic rings. The summed E-state index contributed by atoms with van der Waals surface area (Å²) < 4.78 is 11.8. The highest BCUT2D eigenvalue weighted by Gasteiger charge is 2.38. The molecule has 210 valence electrons. The lowest BCUT2D eigenvalue weighted by Gasteiger charge is -2.41. The number of amides is 3. The van der Waals surface area contributed by atoms with Crippen molar-refractivity contribution in [1.29, 1.82) is 0 Å². The van der Waals surface area contributed by atoms with Gasteiger partial charge in [-0.25, -0.2) is 0 Å². The number of carbonyl (C=O) groups is 4. The van der Waals surface area contributed by atoms with Gasteiger partial charge in [-0.2, -0.15) is 0 Å². The molecule has 10 nitrogen and oxygen atoms in total. The fourth-order valence-corrected chi connectivity index (χ4v) is 4.79. The molecule has 3 N–H and O–H groups in total. The van der Waals surface area contributed by atoms with E-state index in [1.807, 2.05) is 20.9 Å². The standard InChI is InChI=1S/C26H49N3O7/c1-9-18(4)24(29(6)22(31)13-17(2)3)21(35-7)14-20(11-10-12-27-16-30)25(36-8)19(5)26(34)28-15-23(32)33/h16-21,24-25H,9-15H2,1-8H3,(H,27,30)(H,28,34)(H,32,33). The molecule has 0 fully saturated rings. The van der Waals surface area contributed by atoms with E-state index < -0.39 is 30.4 Å². The first-order valence-corrected chi connectivity index (χ1v) is 12.9. The Hall–Kier alpha value is -2.20. The van der Waals surface area contributed by atoms with Crippen molar-refractivity contribution in [3.8, 4) is 0 Å². The second-order valence-corrected chi connectivity index (χ2v) is 10.1. The van der Waals surface area contributed by atoms with E-state index in [9.17, 15) is 19.2 Å². The van der Waals surface area contributed by atoms with Crippen molar-refractivity contribution in [2.75, 3.05) is 34.4 Å². The van der Waals surface area contributed by atoms with E-state index >= 15 is 0 Å². The van der Waals surface area contributed by atoms with Gasteiger partial charge in [-0.05, 0) is 37.0 Å². The van der Waals surface area contributed by atoms with Crippen LogP contribution < -0.4 is 10.6 Å². The van der Waals surface area contributed by atoms with Gasteiger partial charge in [0.2, 0.25) is 18.2 Å². The third-order valence-electron chi connectivity index (χ3n) is 6.91. The molecule has 0 radical (unpaired) electrons. The van der Waals surface area contributed by atoms with Crippen LogP contribution in [-0.4, -0.2) is 86.8 Å². The first-order valence-electron chi connectivity index (χ1n) is 12.9. The second kappa shape index (κ2) is 18.1. The zero-order valence-electron chi connectivity index (χ0n) is 23.4. The van der Waals surface area contributed by atoms with E-state index in [-0.39, 0.29) is 35.8 Å². The number of ether oxygens (including phenoxy) is 2. The summed E-state index contributed by atoms with van der Waals surface area (Å²) in [5.74, 6) is -1.81. The van der Waals surface area contributed by atoms with E-state index in [0.717, 1.165) is 6.42 Å². The van der Waals surface area contributed by atoms with Gasteiger partial charge in [0, 0.05) is 34.2 Å². The SMILES string of the molecule is CCC(C)C(C(CC(CCCNC=O)C(OC)C(C)C(=O)NCC(=O)O)OC)N(C)C(=O)CC(C)C. The molecule has 36 heavy (non-hydrogen) atoms. The normalized spacial score (nSPS) is 16.4. The molecule has 6 unspecified atom stereocenters. The van der Waals surface area contributed by atoms with Crippen LogP contribution in [0.2, 0.25) is 0 Å². The zero-order chi connectivity index (χ0) is 27.8. The Labute approximate surface area is 216 Å². The Balaban J connectivity index is 5.99. The fourth-order valence-electron chi connectivity index (χ4n) is 4.79. The van der Waals surface area contributed by atoms with Crippen molar-refractivity contribution in [3.05, 3.63) is 0 Å². The maximum atomic E-state index is 13.0. The molecule has 0 aromatic carbocycles. The minimum absolute atomic E-state index is 0.0637. The van der Waals surface area contributed by atoms with Crippen LogP contribution in [0.4, 0.5) is 0 Å². The Morgan fingerprint density at radius 2 is 1.72 bits per heavy atom. The first kappa shape index (κ1) is 33.8. The molecule has 0 aromatic heterocycles. The lowest BCUT2D eigenvalue weighted by atomic mass is 9.80. The Morgan fingerprint density at radius 1 is 1.08 bits per heavy atom. The van der Waals surface area contributed by atoms with Gasteiger partial charge in [-0.15, -0.1) is 0 Å². The molecule has 0 rings (SSSR count). The molecule has 0 saturated heterocycles. The largest absolute Gasteiger partial charge is 0.480 e. The minimum Gasteiger partial charge on any atom is -0.480 e. The van der Waals surface area contributed by atoms with Crippen LogP contribution in [0.1, 0.15) is 66.7 Å². The van der Waals surface area contributed by atoms with Crippen molar-refractivity contribution in [1.82, 2.24) is 15.5 Å². The van der Waals surface area contributed by atoms with Crippen molar-refractivity contribution in [3.63, 3.8) is 0 Å². The minimum atomic E-state index is -1.12. The summed E-state index contributed by atoms with van der Waals surface area (Å²) in [5.41, 5.74) is 0. The van der Waals surface area contributed by atoms with E-state index in [0.29, 0.717) is 38.6 Å². The Morgan fingerprint density at radius 3 is 2.19 bits per heavy atom. The number of nitrogens with zero attached hydrogens (tertiary/aromatic N) is 1. The summed E-state index contributed by atoms with van der Waals surface area (Å²) in [7, 11) is 5.00. The number of carbonyl (C=O) groups excluding carboxylic acids is 3. The molecule has 0 aliphatic carbocycles. The highest BCUT2D eigenvalue weighted by Crippen LogP contribution is 2.31. The number of nitrogens with one attached hydrogen (secondary N) is 2. The molecular weight excluding hydrogens is 466 g/mol. The van der Waals surface area contributed by atoms with Gasteiger partial charge in [-0.1, -0.05) is 41.0 Å². The predicted molar refractivity (Wildman–Crippen MR) is 138 cm³/mol. The molecule has 0 spiro atoms. The fraction of sp³-hybridized carbons (Fsp3) is 0.846. The lowest BCUT2D eigenvalue weighted by Crippen LogP contribution is -2.51. The van der Waals surface area contributed by atoms with Crippen LogP contribution in [0, 0.1) is 23.7 Å². The summed E-state index contributed by atoms with van der Waals surface area (Å²) >= 11 is 0. The van der Waals surface area contributed by atoms with Crippen molar-refractivity contribution in [2.45, 2.75) is 85.0 Å². The van der Waals surface area contributed by atoms with Crippen LogP contribution in [-0.2, 0) is 28.7 Å². The van der Waals surface area contributed by atoms with E-state index in [2.05, 4.69) is 24.5 Å². The number of hydrogen-bond acceptors (Lipinski definition) is 6. The summed E-state index contributed by atoms with van der Waals surface area (Å²) in [6, 6.07) is -0.171. The van der Waals surface area contributed by atoms with Crippen molar-refractivity contribution in [2.24, 2.45) is 23.7 Å². The smallest absolute Gasteiger partial charge is 0.322 e. The topological polar surface area (TPSA) is 134 Å². The van der Waals surface area contributed by atoms with Gasteiger partial charge in [0.25, 0.3) is 0 Å². The molecule has 10 heteroatoms. The first-order chi connectivity index (χ1) is 16.9. The Kier molecular flexibility index (Phi) is 17.0. The quantitative estimate of drug-likeness (QED) is 0.167. The molecule has 0 saturated carbocycles. The second-order valence-electron chi connectivity index (χ2n) is 10.1. The molecule has 0 aliphatic rings. The van der Waals surface area contributed by atoms with Crippen molar-refractivity contribution < 1.29 is 33.8 Å². The highest BCUT2D eigenvalue weighted by atomic mass is 16.5. The van der Waals surface area contributed by atoms with Gasteiger partial charge < -0.3 is 30.1 Å². The monoisotopic (exact) mass is 515 g/mol. The zero-order valence-corrected chi connectivity index (χ0v) is 23.4. The molecule has 0 aliphatic heterocycles. The van der Waals surface area contributed by atoms with Crippen LogP contribution in [0.25, 0.3) is 0 Å². The van der Waals surface area contributed by atoms with Gasteiger partial charge in [-0.3, -0.25) is 19.2 Å². The van der Waals surface area contributed by atoms with Crippen LogP contribution in [0.5, 0.6) is 0 Å².